The number of likely N-dealkylation sites (N-methyl/N-ethyl adjacent to an activating group) is 1. The van der Waals surface area contributed by atoms with E-state index in [2.05, 4.69) is 42.9 Å². The fraction of sp³-hybridized carbons (Fsp3) is 1.00. The Bertz CT molecular complexity index is 302. The third-order valence-electron chi connectivity index (χ3n) is 5.21. The summed E-state index contributed by atoms with van der Waals surface area (Å²) in [7, 11) is 2.25. The highest BCUT2D eigenvalue weighted by molar-refractivity contribution is 4.89. The Morgan fingerprint density at radius 2 is 1.95 bits per heavy atom. The molecule has 0 amide bonds. The zero-order chi connectivity index (χ0) is 15.3. The second-order valence-electron chi connectivity index (χ2n) is 7.70. The minimum Gasteiger partial charge on any atom is -0.381 e. The molecule has 0 bridgehead atoms. The van der Waals surface area contributed by atoms with Gasteiger partial charge in [-0.3, -0.25) is 4.90 Å². The molecule has 21 heavy (non-hydrogen) atoms. The Balaban J connectivity index is 1.89. The van der Waals surface area contributed by atoms with Crippen molar-refractivity contribution in [2.24, 2.45) is 11.3 Å². The lowest BCUT2D eigenvalue weighted by Gasteiger charge is -2.45. The molecule has 0 saturated carbocycles. The van der Waals surface area contributed by atoms with Crippen LogP contribution in [0, 0.1) is 11.3 Å². The maximum atomic E-state index is 5.62. The lowest BCUT2D eigenvalue weighted by Crippen LogP contribution is -2.55. The molecule has 124 valence electrons. The van der Waals surface area contributed by atoms with Crippen molar-refractivity contribution in [3.05, 3.63) is 0 Å². The van der Waals surface area contributed by atoms with E-state index in [1.54, 1.807) is 0 Å². The summed E-state index contributed by atoms with van der Waals surface area (Å²) in [5, 5.41) is 3.71. The van der Waals surface area contributed by atoms with Gasteiger partial charge in [-0.05, 0) is 44.7 Å². The Morgan fingerprint density at radius 3 is 2.57 bits per heavy atom. The quantitative estimate of drug-likeness (QED) is 0.807. The van der Waals surface area contributed by atoms with Gasteiger partial charge in [0.05, 0.1) is 0 Å². The molecule has 1 atom stereocenters. The van der Waals surface area contributed by atoms with Gasteiger partial charge in [0, 0.05) is 52.0 Å². The van der Waals surface area contributed by atoms with Crippen molar-refractivity contribution >= 4 is 0 Å². The number of hydrogen-bond donors (Lipinski definition) is 1. The summed E-state index contributed by atoms with van der Waals surface area (Å²) in [6, 6.07) is 0.680. The molecule has 2 rings (SSSR count). The van der Waals surface area contributed by atoms with E-state index in [9.17, 15) is 0 Å². The van der Waals surface area contributed by atoms with Gasteiger partial charge in [0.1, 0.15) is 0 Å². The van der Waals surface area contributed by atoms with E-state index in [0.717, 1.165) is 32.2 Å². The van der Waals surface area contributed by atoms with Crippen LogP contribution >= 0.6 is 0 Å². The van der Waals surface area contributed by atoms with Crippen LogP contribution in [0.15, 0.2) is 0 Å². The van der Waals surface area contributed by atoms with Crippen LogP contribution in [0.3, 0.4) is 0 Å². The standard InChI is InChI=1S/C17H35N3O/c1-15(2)11-18-13-17(5-9-21-10-6-17)14-20-8-7-19(4)16(3)12-20/h15-16,18H,5-14H2,1-4H3. The largest absolute Gasteiger partial charge is 0.381 e. The molecule has 4 heteroatoms. The van der Waals surface area contributed by atoms with Gasteiger partial charge in [0.15, 0.2) is 0 Å². The molecule has 2 heterocycles. The average molecular weight is 297 g/mol. The van der Waals surface area contributed by atoms with Gasteiger partial charge in [-0.1, -0.05) is 13.8 Å². The molecule has 0 aromatic heterocycles. The molecule has 0 radical (unpaired) electrons. The van der Waals surface area contributed by atoms with Crippen molar-refractivity contribution in [2.45, 2.75) is 39.7 Å². The highest BCUT2D eigenvalue weighted by Gasteiger charge is 2.35. The first kappa shape index (κ1) is 17.2. The molecular formula is C17H35N3O. The van der Waals surface area contributed by atoms with Crippen molar-refractivity contribution in [1.29, 1.82) is 0 Å². The Labute approximate surface area is 131 Å². The minimum atomic E-state index is 0.419. The fourth-order valence-electron chi connectivity index (χ4n) is 3.56. The normalized spacial score (nSPS) is 28.1. The summed E-state index contributed by atoms with van der Waals surface area (Å²) in [4.78, 5) is 5.16. The number of piperazine rings is 1. The smallest absolute Gasteiger partial charge is 0.0472 e. The van der Waals surface area contributed by atoms with Gasteiger partial charge in [0.2, 0.25) is 0 Å². The van der Waals surface area contributed by atoms with E-state index in [1.807, 2.05) is 0 Å². The Morgan fingerprint density at radius 1 is 1.24 bits per heavy atom. The lowest BCUT2D eigenvalue weighted by atomic mass is 9.79. The monoisotopic (exact) mass is 297 g/mol. The van der Waals surface area contributed by atoms with Crippen LogP contribution in [0.4, 0.5) is 0 Å². The van der Waals surface area contributed by atoms with E-state index in [-0.39, 0.29) is 0 Å². The molecule has 0 aliphatic carbocycles. The van der Waals surface area contributed by atoms with Gasteiger partial charge < -0.3 is 15.0 Å². The van der Waals surface area contributed by atoms with Crippen molar-refractivity contribution in [2.75, 3.05) is 59.5 Å². The molecule has 2 saturated heterocycles. The Kier molecular flexibility index (Phi) is 6.48. The van der Waals surface area contributed by atoms with E-state index in [0.29, 0.717) is 11.5 Å². The first-order valence-corrected chi connectivity index (χ1v) is 8.72. The summed E-state index contributed by atoms with van der Waals surface area (Å²) in [6.45, 7) is 15.9. The van der Waals surface area contributed by atoms with Gasteiger partial charge in [-0.15, -0.1) is 0 Å². The highest BCUT2D eigenvalue weighted by atomic mass is 16.5. The number of hydrogen-bond acceptors (Lipinski definition) is 4. The van der Waals surface area contributed by atoms with Crippen LogP contribution in [-0.2, 0) is 4.74 Å². The maximum absolute atomic E-state index is 5.62. The molecule has 4 nitrogen and oxygen atoms in total. The molecular weight excluding hydrogens is 262 g/mol. The SMILES string of the molecule is CC(C)CNCC1(CN2CCN(C)C(C)C2)CCOCC1. The summed E-state index contributed by atoms with van der Waals surface area (Å²) in [6.07, 6.45) is 2.41. The van der Waals surface area contributed by atoms with Crippen molar-refractivity contribution in [3.8, 4) is 0 Å². The van der Waals surface area contributed by atoms with Crippen molar-refractivity contribution < 1.29 is 4.74 Å². The van der Waals surface area contributed by atoms with Crippen LogP contribution in [0.1, 0.15) is 33.6 Å². The van der Waals surface area contributed by atoms with Gasteiger partial charge >= 0.3 is 0 Å². The predicted molar refractivity (Wildman–Crippen MR) is 88.7 cm³/mol. The predicted octanol–water partition coefficient (Wildman–Crippen LogP) is 1.66. The van der Waals surface area contributed by atoms with Crippen LogP contribution in [-0.4, -0.2) is 75.4 Å². The minimum absolute atomic E-state index is 0.419. The van der Waals surface area contributed by atoms with E-state index in [4.69, 9.17) is 4.74 Å². The molecule has 1 N–H and O–H groups in total. The Hall–Kier alpha value is -0.160. The van der Waals surface area contributed by atoms with E-state index >= 15 is 0 Å². The number of rotatable bonds is 6. The van der Waals surface area contributed by atoms with Crippen LogP contribution in [0.2, 0.25) is 0 Å². The van der Waals surface area contributed by atoms with Crippen molar-refractivity contribution in [3.63, 3.8) is 0 Å². The van der Waals surface area contributed by atoms with Gasteiger partial charge in [-0.25, -0.2) is 0 Å². The average Bonchev–Trinajstić information content (AvgIpc) is 2.43. The zero-order valence-corrected chi connectivity index (χ0v) is 14.5. The zero-order valence-electron chi connectivity index (χ0n) is 14.5. The van der Waals surface area contributed by atoms with Crippen LogP contribution in [0.25, 0.3) is 0 Å². The molecule has 2 aliphatic rings. The van der Waals surface area contributed by atoms with E-state index in [1.165, 1.54) is 39.0 Å². The summed E-state index contributed by atoms with van der Waals surface area (Å²) >= 11 is 0. The fourth-order valence-corrected chi connectivity index (χ4v) is 3.56. The molecule has 0 aromatic rings. The first-order chi connectivity index (χ1) is 10.0. The topological polar surface area (TPSA) is 27.7 Å². The van der Waals surface area contributed by atoms with E-state index < -0.39 is 0 Å². The molecule has 1 unspecified atom stereocenters. The molecule has 2 aliphatic heterocycles. The van der Waals surface area contributed by atoms with Crippen LogP contribution < -0.4 is 5.32 Å². The molecule has 0 aromatic carbocycles. The summed E-state index contributed by atoms with van der Waals surface area (Å²) < 4.78 is 5.62. The van der Waals surface area contributed by atoms with Gasteiger partial charge in [-0.2, -0.15) is 0 Å². The lowest BCUT2D eigenvalue weighted by molar-refractivity contribution is -0.0167. The third kappa shape index (κ3) is 5.20. The van der Waals surface area contributed by atoms with Crippen molar-refractivity contribution in [1.82, 2.24) is 15.1 Å². The summed E-state index contributed by atoms with van der Waals surface area (Å²) in [5.41, 5.74) is 0.419. The third-order valence-corrected chi connectivity index (χ3v) is 5.21. The molecule has 2 fully saturated rings. The summed E-state index contributed by atoms with van der Waals surface area (Å²) in [5.74, 6) is 0.727. The number of nitrogens with one attached hydrogen (secondary N) is 1. The molecule has 0 spiro atoms. The first-order valence-electron chi connectivity index (χ1n) is 8.72. The second kappa shape index (κ2) is 7.91. The second-order valence-corrected chi connectivity index (χ2v) is 7.70. The van der Waals surface area contributed by atoms with Crippen LogP contribution in [0.5, 0.6) is 0 Å². The number of nitrogens with zero attached hydrogens (tertiary/aromatic N) is 2. The maximum Gasteiger partial charge on any atom is 0.0472 e. The van der Waals surface area contributed by atoms with Gasteiger partial charge in [0.25, 0.3) is 0 Å². The number of ether oxygens (including phenoxy) is 1. The highest BCUT2D eigenvalue weighted by Crippen LogP contribution is 2.31.